The molecule has 5 aromatic rings. The normalized spacial score (nSPS) is 11.0. The Bertz CT molecular complexity index is 1640. The minimum atomic E-state index is -0.310. The number of benzene rings is 3. The van der Waals surface area contributed by atoms with Crippen LogP contribution in [0, 0.1) is 13.8 Å². The molecule has 0 bridgehead atoms. The number of anilines is 1. The van der Waals surface area contributed by atoms with Crippen molar-refractivity contribution in [2.24, 2.45) is 0 Å². The third kappa shape index (κ3) is 6.79. The van der Waals surface area contributed by atoms with E-state index < -0.39 is 0 Å². The number of thioether (sulfide) groups is 1. The fourth-order valence-corrected chi connectivity index (χ4v) is 5.60. The highest BCUT2D eigenvalue weighted by Gasteiger charge is 2.19. The summed E-state index contributed by atoms with van der Waals surface area (Å²) >= 11 is 8.58. The van der Waals surface area contributed by atoms with Crippen LogP contribution in [0.3, 0.4) is 0 Å². The predicted molar refractivity (Wildman–Crippen MR) is 159 cm³/mol. The van der Waals surface area contributed by atoms with Crippen LogP contribution in [0.15, 0.2) is 71.9 Å². The topological polar surface area (TPSA) is 111 Å². The van der Waals surface area contributed by atoms with Crippen LogP contribution in [0.2, 0.25) is 5.02 Å². The van der Waals surface area contributed by atoms with Gasteiger partial charge in [0.2, 0.25) is 5.91 Å². The third-order valence-electron chi connectivity index (χ3n) is 5.81. The molecular weight excluding hydrogens is 568 g/mol. The first-order valence-corrected chi connectivity index (χ1v) is 14.5. The Balaban J connectivity index is 1.27. The highest BCUT2D eigenvalue weighted by atomic mass is 35.5. The Morgan fingerprint density at radius 3 is 2.62 bits per heavy atom. The van der Waals surface area contributed by atoms with Gasteiger partial charge in [0, 0.05) is 5.02 Å². The summed E-state index contributed by atoms with van der Waals surface area (Å²) in [5, 5.41) is 16.1. The summed E-state index contributed by atoms with van der Waals surface area (Å²) < 4.78 is 8.41. The minimum Gasteiger partial charge on any atom is -0.484 e. The number of halogens is 1. The summed E-state index contributed by atoms with van der Waals surface area (Å²) in [4.78, 5) is 29.7. The molecule has 0 unspecified atom stereocenters. The number of carbonyl (C=O) groups excluding carboxylic acids is 2. The second-order valence-corrected chi connectivity index (χ2v) is 11.3. The molecule has 0 atom stereocenters. The summed E-state index contributed by atoms with van der Waals surface area (Å²) in [7, 11) is 0. The van der Waals surface area contributed by atoms with E-state index in [0.717, 1.165) is 27.0 Å². The van der Waals surface area contributed by atoms with E-state index in [1.54, 1.807) is 24.3 Å². The summed E-state index contributed by atoms with van der Waals surface area (Å²) in [5.74, 6) is 0.674. The molecule has 12 heteroatoms. The van der Waals surface area contributed by atoms with E-state index in [0.29, 0.717) is 26.9 Å². The number of rotatable bonds is 10. The first-order valence-electron chi connectivity index (χ1n) is 12.3. The van der Waals surface area contributed by atoms with Gasteiger partial charge in [0.15, 0.2) is 22.7 Å². The van der Waals surface area contributed by atoms with Crippen LogP contribution in [0.5, 0.6) is 5.75 Å². The van der Waals surface area contributed by atoms with Crippen LogP contribution in [0.1, 0.15) is 17.0 Å². The number of nitrogens with one attached hydrogen (secondary N) is 2. The SMILES string of the molecule is Cc1ccc(C)c(-n2c(CNC(=O)COc3ccc(Cl)cc3)nnc2SCC(=O)Nc2nc3ccccc3s2)c1. The van der Waals surface area contributed by atoms with Gasteiger partial charge in [-0.2, -0.15) is 0 Å². The van der Waals surface area contributed by atoms with Crippen LogP contribution in [-0.4, -0.2) is 43.9 Å². The maximum absolute atomic E-state index is 12.8. The minimum absolute atomic E-state index is 0.111. The van der Waals surface area contributed by atoms with Crippen molar-refractivity contribution < 1.29 is 14.3 Å². The molecule has 2 aromatic heterocycles. The van der Waals surface area contributed by atoms with Crippen molar-refractivity contribution in [3.8, 4) is 11.4 Å². The second kappa shape index (κ2) is 12.5. The molecule has 9 nitrogen and oxygen atoms in total. The van der Waals surface area contributed by atoms with E-state index in [9.17, 15) is 9.59 Å². The Morgan fingerprint density at radius 1 is 1.02 bits per heavy atom. The molecule has 0 fully saturated rings. The zero-order chi connectivity index (χ0) is 28.1. The number of ether oxygens (including phenoxy) is 1. The highest BCUT2D eigenvalue weighted by Crippen LogP contribution is 2.27. The fourth-order valence-electron chi connectivity index (χ4n) is 3.83. The van der Waals surface area contributed by atoms with Crippen LogP contribution in [-0.2, 0) is 16.1 Å². The van der Waals surface area contributed by atoms with Crippen molar-refractivity contribution in [3.05, 3.63) is 88.7 Å². The Kier molecular flexibility index (Phi) is 8.63. The van der Waals surface area contributed by atoms with Gasteiger partial charge in [-0.3, -0.25) is 14.2 Å². The molecule has 204 valence electrons. The number of carbonyl (C=O) groups is 2. The van der Waals surface area contributed by atoms with Gasteiger partial charge >= 0.3 is 0 Å². The largest absolute Gasteiger partial charge is 0.484 e. The quantitative estimate of drug-likeness (QED) is 0.204. The average Bonchev–Trinajstić information content (AvgIpc) is 3.55. The molecule has 2 heterocycles. The van der Waals surface area contributed by atoms with Gasteiger partial charge in [-0.15, -0.1) is 10.2 Å². The molecule has 0 saturated carbocycles. The number of nitrogens with zero attached hydrogens (tertiary/aromatic N) is 4. The molecule has 0 saturated heterocycles. The number of thiazole rings is 1. The first-order chi connectivity index (χ1) is 19.4. The zero-order valence-electron chi connectivity index (χ0n) is 21.7. The number of fused-ring (bicyclic) bond motifs is 1. The molecule has 5 rings (SSSR count). The van der Waals surface area contributed by atoms with Gasteiger partial charge in [-0.05, 0) is 67.4 Å². The van der Waals surface area contributed by atoms with Crippen molar-refractivity contribution >= 4 is 61.9 Å². The summed E-state index contributed by atoms with van der Waals surface area (Å²) in [6, 6.07) is 20.6. The summed E-state index contributed by atoms with van der Waals surface area (Å²) in [5.41, 5.74) is 3.78. The average molecular weight is 593 g/mol. The Labute approximate surface area is 243 Å². The van der Waals surface area contributed by atoms with Gasteiger partial charge in [0.05, 0.1) is 28.2 Å². The standard InChI is InChI=1S/C28H25ClN6O3S2/c1-17-7-8-18(2)22(13-17)35-24(14-30-25(36)15-38-20-11-9-19(29)10-12-20)33-34-28(35)39-16-26(37)32-27-31-21-5-3-4-6-23(21)40-27/h3-13H,14-16H2,1-2H3,(H,30,36)(H,31,32,37). The smallest absolute Gasteiger partial charge is 0.258 e. The molecule has 2 amide bonds. The Morgan fingerprint density at radius 2 is 1.82 bits per heavy atom. The van der Waals surface area contributed by atoms with E-state index in [1.807, 2.05) is 60.9 Å². The van der Waals surface area contributed by atoms with Crippen LogP contribution in [0.4, 0.5) is 5.13 Å². The van der Waals surface area contributed by atoms with Crippen molar-refractivity contribution in [1.82, 2.24) is 25.1 Å². The van der Waals surface area contributed by atoms with Crippen LogP contribution < -0.4 is 15.4 Å². The molecule has 0 aliphatic heterocycles. The van der Waals surface area contributed by atoms with Gasteiger partial charge in [0.25, 0.3) is 5.91 Å². The van der Waals surface area contributed by atoms with Crippen molar-refractivity contribution in [1.29, 1.82) is 0 Å². The predicted octanol–water partition coefficient (Wildman–Crippen LogP) is 5.57. The molecule has 40 heavy (non-hydrogen) atoms. The van der Waals surface area contributed by atoms with Gasteiger partial charge in [0.1, 0.15) is 5.75 Å². The van der Waals surface area contributed by atoms with E-state index in [-0.39, 0.29) is 30.7 Å². The first kappa shape index (κ1) is 27.6. The maximum atomic E-state index is 12.8. The monoisotopic (exact) mass is 592 g/mol. The number of hydrogen-bond acceptors (Lipinski definition) is 8. The van der Waals surface area contributed by atoms with Crippen LogP contribution >= 0.6 is 34.7 Å². The number of aromatic nitrogens is 4. The number of para-hydroxylation sites is 1. The lowest BCUT2D eigenvalue weighted by atomic mass is 10.1. The number of aryl methyl sites for hydroxylation is 2. The second-order valence-electron chi connectivity index (χ2n) is 8.87. The lowest BCUT2D eigenvalue weighted by Crippen LogP contribution is -2.29. The van der Waals surface area contributed by atoms with Gasteiger partial charge in [-0.25, -0.2) is 4.98 Å². The van der Waals surface area contributed by atoms with Gasteiger partial charge in [-0.1, -0.05) is 59.0 Å². The van der Waals surface area contributed by atoms with E-state index >= 15 is 0 Å². The third-order valence-corrected chi connectivity index (χ3v) is 7.94. The highest BCUT2D eigenvalue weighted by molar-refractivity contribution is 7.99. The molecule has 0 aliphatic rings. The summed E-state index contributed by atoms with van der Waals surface area (Å²) in [6.07, 6.45) is 0. The summed E-state index contributed by atoms with van der Waals surface area (Å²) in [6.45, 7) is 3.96. The van der Waals surface area contributed by atoms with E-state index in [4.69, 9.17) is 16.3 Å². The van der Waals surface area contributed by atoms with Crippen molar-refractivity contribution in [2.75, 3.05) is 17.7 Å². The molecule has 2 N–H and O–H groups in total. The lowest BCUT2D eigenvalue weighted by molar-refractivity contribution is -0.123. The molecular formula is C28H25ClN6O3S2. The lowest BCUT2D eigenvalue weighted by Gasteiger charge is -2.14. The van der Waals surface area contributed by atoms with Crippen LogP contribution in [0.25, 0.3) is 15.9 Å². The molecule has 3 aromatic carbocycles. The maximum Gasteiger partial charge on any atom is 0.258 e. The van der Waals surface area contributed by atoms with Gasteiger partial charge < -0.3 is 15.4 Å². The molecule has 0 spiro atoms. The van der Waals surface area contributed by atoms with Crippen molar-refractivity contribution in [3.63, 3.8) is 0 Å². The fraction of sp³-hybridized carbons (Fsp3) is 0.179. The number of amides is 2. The Hall–Kier alpha value is -3.93. The van der Waals surface area contributed by atoms with E-state index in [1.165, 1.54) is 23.1 Å². The van der Waals surface area contributed by atoms with Crippen molar-refractivity contribution in [2.45, 2.75) is 25.5 Å². The molecule has 0 aliphatic carbocycles. The van der Waals surface area contributed by atoms with E-state index in [2.05, 4.69) is 25.8 Å². The number of hydrogen-bond donors (Lipinski definition) is 2. The molecule has 0 radical (unpaired) electrons. The zero-order valence-corrected chi connectivity index (χ0v) is 24.1.